The number of nitrogens with one attached hydrogen (secondary N) is 3. The first kappa shape index (κ1) is 19.4. The molecule has 1 unspecified atom stereocenters. The van der Waals surface area contributed by atoms with Crippen LogP contribution in [0.15, 0.2) is 30.3 Å². The van der Waals surface area contributed by atoms with Gasteiger partial charge in [0.05, 0.1) is 7.11 Å². The Morgan fingerprint density at radius 2 is 1.76 bits per heavy atom. The molecule has 0 saturated carbocycles. The van der Waals surface area contributed by atoms with E-state index in [2.05, 4.69) is 16.0 Å². The molecule has 1 aliphatic heterocycles. The molecule has 3 N–H and O–H groups in total. The van der Waals surface area contributed by atoms with E-state index in [0.717, 1.165) is 5.56 Å². The van der Waals surface area contributed by atoms with Gasteiger partial charge in [-0.2, -0.15) is 0 Å². The van der Waals surface area contributed by atoms with Crippen molar-refractivity contribution < 1.29 is 14.3 Å². The van der Waals surface area contributed by atoms with E-state index in [9.17, 15) is 9.59 Å². The number of esters is 1. The number of rotatable bonds is 5. The molecule has 6 heteroatoms. The summed E-state index contributed by atoms with van der Waals surface area (Å²) in [4.78, 5) is 25.5. The highest BCUT2D eigenvalue weighted by atomic mass is 16.5. The van der Waals surface area contributed by atoms with Crippen LogP contribution in [-0.4, -0.2) is 43.2 Å². The van der Waals surface area contributed by atoms with Crippen molar-refractivity contribution in [2.75, 3.05) is 20.2 Å². The number of methoxy groups -OCH3 is 1. The molecule has 0 bridgehead atoms. The number of amides is 1. The first-order valence-corrected chi connectivity index (χ1v) is 8.71. The number of piperidine rings is 1. The molecule has 1 fully saturated rings. The van der Waals surface area contributed by atoms with Crippen molar-refractivity contribution in [2.24, 2.45) is 0 Å². The minimum atomic E-state index is -0.812. The van der Waals surface area contributed by atoms with E-state index >= 15 is 0 Å². The number of carbonyl (C=O) groups excluding carboxylic acids is 2. The summed E-state index contributed by atoms with van der Waals surface area (Å²) in [6.45, 7) is 7.29. The maximum atomic E-state index is 13.1. The fraction of sp³-hybridized carbons (Fsp3) is 0.579. The molecule has 138 valence electrons. The van der Waals surface area contributed by atoms with E-state index in [1.807, 2.05) is 51.1 Å². The second kappa shape index (κ2) is 7.97. The van der Waals surface area contributed by atoms with Crippen LogP contribution in [0.5, 0.6) is 0 Å². The van der Waals surface area contributed by atoms with Gasteiger partial charge in [0.2, 0.25) is 5.91 Å². The molecule has 25 heavy (non-hydrogen) atoms. The van der Waals surface area contributed by atoms with E-state index in [-0.39, 0.29) is 11.4 Å². The Bertz CT molecular complexity index is 590. The van der Waals surface area contributed by atoms with Gasteiger partial charge in [-0.05, 0) is 52.3 Å². The fourth-order valence-corrected chi connectivity index (χ4v) is 3.07. The lowest BCUT2D eigenvalue weighted by Gasteiger charge is -2.41. The molecule has 1 saturated heterocycles. The summed E-state index contributed by atoms with van der Waals surface area (Å²) in [5.74, 6) is -0.473. The summed E-state index contributed by atoms with van der Waals surface area (Å²) in [5.41, 5.74) is -0.368. The smallest absolute Gasteiger partial charge is 0.327 e. The predicted molar refractivity (Wildman–Crippen MR) is 97.1 cm³/mol. The van der Waals surface area contributed by atoms with Crippen LogP contribution in [0.2, 0.25) is 0 Å². The highest BCUT2D eigenvalue weighted by Crippen LogP contribution is 2.26. The third-order valence-corrected chi connectivity index (χ3v) is 4.37. The maximum Gasteiger partial charge on any atom is 0.327 e. The van der Waals surface area contributed by atoms with E-state index in [4.69, 9.17) is 4.74 Å². The van der Waals surface area contributed by atoms with Gasteiger partial charge in [-0.15, -0.1) is 0 Å². The SMILES string of the molecule is COC(=O)C(NC1(C(=O)NC(C)(C)C)CCNCC1)c1ccccc1. The highest BCUT2D eigenvalue weighted by molar-refractivity contribution is 5.88. The minimum Gasteiger partial charge on any atom is -0.468 e. The van der Waals surface area contributed by atoms with Crippen LogP contribution in [0.4, 0.5) is 0 Å². The van der Waals surface area contributed by atoms with E-state index in [1.165, 1.54) is 7.11 Å². The number of carbonyl (C=O) groups is 2. The second-order valence-electron chi connectivity index (χ2n) is 7.55. The van der Waals surface area contributed by atoms with Crippen molar-refractivity contribution in [2.45, 2.75) is 50.7 Å². The molecule has 0 aromatic heterocycles. The van der Waals surface area contributed by atoms with Crippen LogP contribution in [0.25, 0.3) is 0 Å². The summed E-state index contributed by atoms with van der Waals surface area (Å²) >= 11 is 0. The molecule has 1 amide bonds. The Hall–Kier alpha value is -1.92. The summed E-state index contributed by atoms with van der Waals surface area (Å²) < 4.78 is 4.99. The average molecular weight is 347 g/mol. The van der Waals surface area contributed by atoms with Gasteiger partial charge in [0.25, 0.3) is 0 Å². The Morgan fingerprint density at radius 3 is 2.28 bits per heavy atom. The second-order valence-corrected chi connectivity index (χ2v) is 7.55. The van der Waals surface area contributed by atoms with E-state index < -0.39 is 17.6 Å². The van der Waals surface area contributed by atoms with Crippen molar-refractivity contribution in [1.29, 1.82) is 0 Å². The lowest BCUT2D eigenvalue weighted by molar-refractivity contribution is -0.145. The minimum absolute atomic E-state index is 0.0775. The maximum absolute atomic E-state index is 13.1. The molecule has 0 aliphatic carbocycles. The first-order chi connectivity index (χ1) is 11.8. The summed E-state index contributed by atoms with van der Waals surface area (Å²) in [6, 6.07) is 8.68. The molecule has 0 spiro atoms. The summed E-state index contributed by atoms with van der Waals surface area (Å²) in [6.07, 6.45) is 1.21. The van der Waals surface area contributed by atoms with Gasteiger partial charge >= 0.3 is 5.97 Å². The number of benzene rings is 1. The van der Waals surface area contributed by atoms with Gasteiger partial charge in [0.15, 0.2) is 0 Å². The van der Waals surface area contributed by atoms with Crippen molar-refractivity contribution in [3.8, 4) is 0 Å². The monoisotopic (exact) mass is 347 g/mol. The van der Waals surface area contributed by atoms with Crippen LogP contribution in [-0.2, 0) is 14.3 Å². The number of ether oxygens (including phenoxy) is 1. The Kier molecular flexibility index (Phi) is 6.19. The fourth-order valence-electron chi connectivity index (χ4n) is 3.07. The van der Waals surface area contributed by atoms with Crippen molar-refractivity contribution in [3.05, 3.63) is 35.9 Å². The predicted octanol–water partition coefficient (Wildman–Crippen LogP) is 1.53. The molecular formula is C19H29N3O3. The Balaban J connectivity index is 2.32. The molecule has 0 radical (unpaired) electrons. The molecule has 1 heterocycles. The molecule has 2 rings (SSSR count). The molecule has 1 aromatic carbocycles. The molecule has 1 aromatic rings. The first-order valence-electron chi connectivity index (χ1n) is 8.71. The van der Waals surface area contributed by atoms with Gasteiger partial charge in [0, 0.05) is 5.54 Å². The lowest BCUT2D eigenvalue weighted by Crippen LogP contribution is -2.65. The van der Waals surface area contributed by atoms with Gasteiger partial charge in [-0.1, -0.05) is 30.3 Å². The zero-order valence-corrected chi connectivity index (χ0v) is 15.5. The topological polar surface area (TPSA) is 79.5 Å². The van der Waals surface area contributed by atoms with Crippen molar-refractivity contribution in [3.63, 3.8) is 0 Å². The zero-order chi connectivity index (χ0) is 18.5. The normalized spacial score (nSPS) is 18.2. The number of hydrogen-bond donors (Lipinski definition) is 3. The van der Waals surface area contributed by atoms with Crippen LogP contribution in [0, 0.1) is 0 Å². The molecule has 1 atom stereocenters. The highest BCUT2D eigenvalue weighted by Gasteiger charge is 2.43. The van der Waals surface area contributed by atoms with Crippen LogP contribution in [0.1, 0.15) is 45.2 Å². The van der Waals surface area contributed by atoms with Crippen molar-refractivity contribution >= 4 is 11.9 Å². The largest absolute Gasteiger partial charge is 0.468 e. The van der Waals surface area contributed by atoms with Crippen molar-refractivity contribution in [1.82, 2.24) is 16.0 Å². The summed E-state index contributed by atoms with van der Waals surface area (Å²) in [7, 11) is 1.37. The van der Waals surface area contributed by atoms with Crippen LogP contribution >= 0.6 is 0 Å². The number of hydrogen-bond acceptors (Lipinski definition) is 5. The van der Waals surface area contributed by atoms with Gasteiger partial charge < -0.3 is 15.4 Å². The van der Waals surface area contributed by atoms with Gasteiger partial charge in [-0.3, -0.25) is 10.1 Å². The lowest BCUT2D eigenvalue weighted by atomic mass is 9.84. The average Bonchev–Trinajstić information content (AvgIpc) is 2.59. The van der Waals surface area contributed by atoms with Crippen LogP contribution in [0.3, 0.4) is 0 Å². The van der Waals surface area contributed by atoms with Gasteiger partial charge in [0.1, 0.15) is 11.6 Å². The van der Waals surface area contributed by atoms with E-state index in [0.29, 0.717) is 25.9 Å². The quantitative estimate of drug-likeness (QED) is 0.704. The standard InChI is InChI=1S/C19H29N3O3/c1-18(2,3)22-17(24)19(10-12-20-13-11-19)21-15(16(23)25-4)14-8-6-5-7-9-14/h5-9,15,20-21H,10-13H2,1-4H3,(H,22,24). The molecular weight excluding hydrogens is 318 g/mol. The third kappa shape index (κ3) is 5.03. The Morgan fingerprint density at radius 1 is 1.16 bits per heavy atom. The van der Waals surface area contributed by atoms with Crippen LogP contribution < -0.4 is 16.0 Å². The summed E-state index contributed by atoms with van der Waals surface area (Å²) in [5, 5.41) is 9.67. The Labute approximate surface area is 149 Å². The molecule has 1 aliphatic rings. The van der Waals surface area contributed by atoms with E-state index in [1.54, 1.807) is 0 Å². The zero-order valence-electron chi connectivity index (χ0n) is 15.5. The third-order valence-electron chi connectivity index (χ3n) is 4.37. The molecule has 6 nitrogen and oxygen atoms in total. The van der Waals surface area contributed by atoms with Gasteiger partial charge in [-0.25, -0.2) is 4.79 Å².